The zero-order valence-corrected chi connectivity index (χ0v) is 12.3. The molecule has 0 amide bonds. The molecule has 0 aliphatic carbocycles. The molecule has 14 heavy (non-hydrogen) atoms. The molecule has 74 valence electrons. The van der Waals surface area contributed by atoms with Gasteiger partial charge in [-0.25, -0.2) is 0 Å². The van der Waals surface area contributed by atoms with E-state index in [1.165, 1.54) is 18.2 Å². The SMILES string of the molecule is COS(=O)(=O)c1ccc(S)c(N)c1.[Zn]. The smallest absolute Gasteiger partial charge is 0.296 e. The molecule has 0 unspecified atom stereocenters. The van der Waals surface area contributed by atoms with Crippen LogP contribution in [0.4, 0.5) is 5.69 Å². The Labute approximate surface area is 101 Å². The summed E-state index contributed by atoms with van der Waals surface area (Å²) in [6, 6.07) is 4.20. The van der Waals surface area contributed by atoms with Gasteiger partial charge in [-0.05, 0) is 18.2 Å². The van der Waals surface area contributed by atoms with Crippen molar-refractivity contribution < 1.29 is 32.1 Å². The van der Waals surface area contributed by atoms with Crippen molar-refractivity contribution in [3.63, 3.8) is 0 Å². The number of rotatable bonds is 2. The molecule has 0 saturated heterocycles. The van der Waals surface area contributed by atoms with E-state index in [0.717, 1.165) is 7.11 Å². The van der Waals surface area contributed by atoms with Crippen molar-refractivity contribution in [2.75, 3.05) is 12.8 Å². The van der Waals surface area contributed by atoms with Crippen molar-refractivity contribution in [1.29, 1.82) is 0 Å². The third-order valence-corrected chi connectivity index (χ3v) is 3.18. The average Bonchev–Trinajstić information content (AvgIpc) is 2.09. The van der Waals surface area contributed by atoms with Gasteiger partial charge < -0.3 is 5.73 Å². The Morgan fingerprint density at radius 1 is 1.43 bits per heavy atom. The molecule has 0 saturated carbocycles. The zero-order valence-electron chi connectivity index (χ0n) is 7.60. The van der Waals surface area contributed by atoms with Crippen molar-refractivity contribution >= 4 is 28.4 Å². The standard InChI is InChI=1S/C7H9NO3S2.Zn/c1-11-13(9,10)5-2-3-7(12)6(8)4-5;/h2-4,12H,8H2,1H3;. The van der Waals surface area contributed by atoms with Gasteiger partial charge in [-0.15, -0.1) is 12.6 Å². The van der Waals surface area contributed by atoms with Gasteiger partial charge in [-0.3, -0.25) is 4.18 Å². The van der Waals surface area contributed by atoms with Crippen LogP contribution in [0.2, 0.25) is 0 Å². The van der Waals surface area contributed by atoms with E-state index in [1.54, 1.807) is 0 Å². The average molecular weight is 285 g/mol. The van der Waals surface area contributed by atoms with Gasteiger partial charge in [0.15, 0.2) is 0 Å². The van der Waals surface area contributed by atoms with Crippen molar-refractivity contribution in [1.82, 2.24) is 0 Å². The first-order valence-electron chi connectivity index (χ1n) is 3.36. The molecule has 0 bridgehead atoms. The molecule has 1 aromatic rings. The molecule has 0 radical (unpaired) electrons. The van der Waals surface area contributed by atoms with E-state index in [9.17, 15) is 8.42 Å². The van der Waals surface area contributed by atoms with Crippen LogP contribution in [0, 0.1) is 0 Å². The van der Waals surface area contributed by atoms with Crippen molar-refractivity contribution in [2.45, 2.75) is 9.79 Å². The van der Waals surface area contributed by atoms with Gasteiger partial charge in [-0.1, -0.05) is 0 Å². The molecular weight excluding hydrogens is 276 g/mol. The van der Waals surface area contributed by atoms with Crippen LogP contribution in [0.25, 0.3) is 0 Å². The fraction of sp³-hybridized carbons (Fsp3) is 0.143. The Balaban J connectivity index is 0.00000169. The summed E-state index contributed by atoms with van der Waals surface area (Å²) in [5.74, 6) is 0. The van der Waals surface area contributed by atoms with Crippen LogP contribution < -0.4 is 5.73 Å². The second kappa shape index (κ2) is 5.12. The van der Waals surface area contributed by atoms with Crippen molar-refractivity contribution in [3.8, 4) is 0 Å². The number of nitrogens with two attached hydrogens (primary N) is 1. The van der Waals surface area contributed by atoms with Gasteiger partial charge >= 0.3 is 0 Å². The molecule has 2 N–H and O–H groups in total. The maximum Gasteiger partial charge on any atom is 0.296 e. The fourth-order valence-corrected chi connectivity index (χ4v) is 1.62. The first kappa shape index (κ1) is 13.9. The maximum absolute atomic E-state index is 11.2. The Morgan fingerprint density at radius 2 is 2.00 bits per heavy atom. The first-order chi connectivity index (χ1) is 5.97. The summed E-state index contributed by atoms with van der Waals surface area (Å²) >= 11 is 4.01. The van der Waals surface area contributed by atoms with E-state index in [4.69, 9.17) is 5.73 Å². The molecule has 7 heteroatoms. The van der Waals surface area contributed by atoms with Crippen molar-refractivity contribution in [2.24, 2.45) is 0 Å². The number of benzene rings is 1. The van der Waals surface area contributed by atoms with Gasteiger partial charge in [0.05, 0.1) is 12.0 Å². The molecule has 1 rings (SSSR count). The predicted octanol–water partition coefficient (Wildman–Crippen LogP) is 0.890. The van der Waals surface area contributed by atoms with Gasteiger partial charge in [0.1, 0.15) is 0 Å². The van der Waals surface area contributed by atoms with Gasteiger partial charge in [0.25, 0.3) is 10.1 Å². The van der Waals surface area contributed by atoms with Crippen LogP contribution in [0.5, 0.6) is 0 Å². The van der Waals surface area contributed by atoms with Crippen LogP contribution in [0.3, 0.4) is 0 Å². The summed E-state index contributed by atoms with van der Waals surface area (Å²) < 4.78 is 26.6. The third kappa shape index (κ3) is 2.95. The molecule has 0 fully saturated rings. The summed E-state index contributed by atoms with van der Waals surface area (Å²) in [5.41, 5.74) is 5.78. The Bertz CT molecular complexity index is 419. The van der Waals surface area contributed by atoms with Gasteiger partial charge in [0, 0.05) is 30.1 Å². The Hall–Kier alpha value is -0.0966. The minimum Gasteiger partial charge on any atom is -0.398 e. The minimum absolute atomic E-state index is 0. The van der Waals surface area contributed by atoms with Gasteiger partial charge in [-0.2, -0.15) is 8.42 Å². The van der Waals surface area contributed by atoms with Crippen LogP contribution in [-0.4, -0.2) is 15.5 Å². The third-order valence-electron chi connectivity index (χ3n) is 1.51. The Kier molecular flexibility index (Phi) is 5.08. The van der Waals surface area contributed by atoms with Crippen LogP contribution in [0.1, 0.15) is 0 Å². The summed E-state index contributed by atoms with van der Waals surface area (Å²) in [6.07, 6.45) is 0. The van der Waals surface area contributed by atoms with Crippen molar-refractivity contribution in [3.05, 3.63) is 18.2 Å². The first-order valence-corrected chi connectivity index (χ1v) is 5.22. The number of anilines is 1. The normalized spacial score (nSPS) is 10.7. The van der Waals surface area contributed by atoms with Crippen LogP contribution in [0.15, 0.2) is 28.0 Å². The number of hydrogen-bond acceptors (Lipinski definition) is 5. The number of nitrogen functional groups attached to an aromatic ring is 1. The molecule has 0 heterocycles. The summed E-state index contributed by atoms with van der Waals surface area (Å²) in [7, 11) is -2.55. The van der Waals surface area contributed by atoms with Crippen LogP contribution in [-0.2, 0) is 33.8 Å². The van der Waals surface area contributed by atoms with E-state index in [0.29, 0.717) is 10.6 Å². The summed E-state index contributed by atoms with van der Waals surface area (Å²) in [4.78, 5) is 0.570. The molecule has 1 aromatic carbocycles. The predicted molar refractivity (Wildman–Crippen MR) is 52.3 cm³/mol. The zero-order chi connectivity index (χ0) is 10.1. The number of thiol groups is 1. The largest absolute Gasteiger partial charge is 0.398 e. The molecule has 0 aliphatic rings. The van der Waals surface area contributed by atoms with E-state index in [1.807, 2.05) is 0 Å². The molecule has 0 atom stereocenters. The maximum atomic E-state index is 11.2. The van der Waals surface area contributed by atoms with E-state index < -0.39 is 10.1 Å². The minimum atomic E-state index is -3.65. The summed E-state index contributed by atoms with van der Waals surface area (Å²) in [6.45, 7) is 0. The van der Waals surface area contributed by atoms with Crippen LogP contribution >= 0.6 is 12.6 Å². The Morgan fingerprint density at radius 3 is 2.43 bits per heavy atom. The molecule has 0 spiro atoms. The molecular formula is C7H9NO3S2Zn. The number of hydrogen-bond donors (Lipinski definition) is 2. The quantitative estimate of drug-likeness (QED) is 0.366. The van der Waals surface area contributed by atoms with E-state index >= 15 is 0 Å². The fourth-order valence-electron chi connectivity index (χ4n) is 0.784. The molecule has 0 aliphatic heterocycles. The van der Waals surface area contributed by atoms with Gasteiger partial charge in [0.2, 0.25) is 0 Å². The summed E-state index contributed by atoms with van der Waals surface area (Å²) in [5, 5.41) is 0. The monoisotopic (exact) mass is 283 g/mol. The second-order valence-corrected chi connectivity index (χ2v) is 4.54. The van der Waals surface area contributed by atoms with E-state index in [-0.39, 0.29) is 24.4 Å². The topological polar surface area (TPSA) is 69.4 Å². The molecule has 4 nitrogen and oxygen atoms in total. The second-order valence-electron chi connectivity index (χ2n) is 2.34. The van der Waals surface area contributed by atoms with E-state index in [2.05, 4.69) is 16.8 Å². The molecule has 0 aromatic heterocycles.